The zero-order chi connectivity index (χ0) is 14.9. The van der Waals surface area contributed by atoms with E-state index in [2.05, 4.69) is 20.3 Å². The fourth-order valence-electron chi connectivity index (χ4n) is 2.98. The molecule has 3 aromatic rings. The predicted octanol–water partition coefficient (Wildman–Crippen LogP) is 2.73. The number of anilines is 2. The number of pyridine rings is 1. The average molecular weight is 294 g/mol. The SMILES string of the molecule is Nc1cccn2cc(-c3ccnc(NC4CCCC4)n3)nc12. The number of nitrogens with zero attached hydrogens (tertiary/aromatic N) is 4. The maximum absolute atomic E-state index is 5.96. The van der Waals surface area contributed by atoms with E-state index in [-0.39, 0.29) is 0 Å². The summed E-state index contributed by atoms with van der Waals surface area (Å²) in [4.78, 5) is 13.5. The minimum Gasteiger partial charge on any atom is -0.396 e. The van der Waals surface area contributed by atoms with E-state index in [4.69, 9.17) is 5.73 Å². The Bertz CT molecular complexity index is 803. The molecule has 0 aliphatic heterocycles. The van der Waals surface area contributed by atoms with Gasteiger partial charge in [0, 0.05) is 24.6 Å². The summed E-state index contributed by atoms with van der Waals surface area (Å²) in [5, 5.41) is 3.41. The van der Waals surface area contributed by atoms with Crippen molar-refractivity contribution in [1.29, 1.82) is 0 Å². The lowest BCUT2D eigenvalue weighted by Crippen LogP contribution is -2.16. The highest BCUT2D eigenvalue weighted by Crippen LogP contribution is 2.23. The molecule has 1 fully saturated rings. The number of aromatic nitrogens is 4. The van der Waals surface area contributed by atoms with E-state index in [9.17, 15) is 0 Å². The third kappa shape index (κ3) is 2.36. The monoisotopic (exact) mass is 294 g/mol. The smallest absolute Gasteiger partial charge is 0.223 e. The normalized spacial score (nSPS) is 15.5. The van der Waals surface area contributed by atoms with Gasteiger partial charge in [-0.2, -0.15) is 0 Å². The molecule has 0 radical (unpaired) electrons. The van der Waals surface area contributed by atoms with Crippen LogP contribution in [0.3, 0.4) is 0 Å². The van der Waals surface area contributed by atoms with Crippen LogP contribution in [-0.2, 0) is 0 Å². The summed E-state index contributed by atoms with van der Waals surface area (Å²) < 4.78 is 1.91. The number of hydrogen-bond acceptors (Lipinski definition) is 5. The van der Waals surface area contributed by atoms with E-state index in [1.54, 1.807) is 6.20 Å². The Morgan fingerprint density at radius 1 is 1.14 bits per heavy atom. The molecule has 6 heteroatoms. The van der Waals surface area contributed by atoms with Crippen LogP contribution in [0.5, 0.6) is 0 Å². The summed E-state index contributed by atoms with van der Waals surface area (Å²) >= 11 is 0. The molecule has 1 aliphatic carbocycles. The third-order valence-corrected chi connectivity index (χ3v) is 4.12. The Labute approximate surface area is 128 Å². The van der Waals surface area contributed by atoms with Gasteiger partial charge in [0.05, 0.1) is 11.4 Å². The Hall–Kier alpha value is -2.63. The van der Waals surface area contributed by atoms with Crippen molar-refractivity contribution in [2.75, 3.05) is 11.1 Å². The van der Waals surface area contributed by atoms with Crippen LogP contribution in [0.25, 0.3) is 17.0 Å². The fraction of sp³-hybridized carbons (Fsp3) is 0.312. The number of hydrogen-bond donors (Lipinski definition) is 2. The van der Waals surface area contributed by atoms with E-state index >= 15 is 0 Å². The van der Waals surface area contributed by atoms with Crippen LogP contribution in [0.2, 0.25) is 0 Å². The van der Waals surface area contributed by atoms with Crippen molar-refractivity contribution < 1.29 is 0 Å². The van der Waals surface area contributed by atoms with Crippen molar-refractivity contribution >= 4 is 17.3 Å². The van der Waals surface area contributed by atoms with Crippen molar-refractivity contribution in [1.82, 2.24) is 19.4 Å². The highest BCUT2D eigenvalue weighted by Gasteiger charge is 2.16. The van der Waals surface area contributed by atoms with Crippen LogP contribution in [0.15, 0.2) is 36.8 Å². The molecule has 0 bridgehead atoms. The molecule has 112 valence electrons. The topological polar surface area (TPSA) is 81.1 Å². The van der Waals surface area contributed by atoms with Crippen molar-refractivity contribution in [3.05, 3.63) is 36.8 Å². The van der Waals surface area contributed by atoms with Gasteiger partial charge < -0.3 is 15.5 Å². The number of fused-ring (bicyclic) bond motifs is 1. The molecule has 1 aliphatic rings. The van der Waals surface area contributed by atoms with Gasteiger partial charge in [0.1, 0.15) is 5.69 Å². The van der Waals surface area contributed by atoms with E-state index in [0.717, 1.165) is 17.0 Å². The lowest BCUT2D eigenvalue weighted by atomic mass is 10.2. The molecule has 3 aromatic heterocycles. The van der Waals surface area contributed by atoms with Crippen LogP contribution in [0.4, 0.5) is 11.6 Å². The molecule has 1 saturated carbocycles. The number of nitrogen functional groups attached to an aromatic ring is 1. The molecule has 0 saturated heterocycles. The number of rotatable bonds is 3. The molecule has 0 amide bonds. The minimum absolute atomic E-state index is 0.493. The van der Waals surface area contributed by atoms with Gasteiger partial charge in [-0.3, -0.25) is 0 Å². The summed E-state index contributed by atoms with van der Waals surface area (Å²) in [6.45, 7) is 0. The second kappa shape index (κ2) is 5.29. The molecule has 3 N–H and O–H groups in total. The third-order valence-electron chi connectivity index (χ3n) is 4.12. The zero-order valence-corrected chi connectivity index (χ0v) is 12.2. The first-order valence-electron chi connectivity index (χ1n) is 7.63. The first-order chi connectivity index (χ1) is 10.8. The quantitative estimate of drug-likeness (QED) is 0.776. The molecule has 4 rings (SSSR count). The second-order valence-corrected chi connectivity index (χ2v) is 5.71. The minimum atomic E-state index is 0.493. The molecule has 3 heterocycles. The Balaban J connectivity index is 1.67. The van der Waals surface area contributed by atoms with Gasteiger partial charge in [0.2, 0.25) is 5.95 Å². The van der Waals surface area contributed by atoms with Gasteiger partial charge in [-0.1, -0.05) is 12.8 Å². The van der Waals surface area contributed by atoms with E-state index in [0.29, 0.717) is 17.7 Å². The van der Waals surface area contributed by atoms with Gasteiger partial charge in [-0.05, 0) is 31.0 Å². The molecule has 22 heavy (non-hydrogen) atoms. The largest absolute Gasteiger partial charge is 0.396 e. The summed E-state index contributed by atoms with van der Waals surface area (Å²) in [6, 6.07) is 6.12. The van der Waals surface area contributed by atoms with Gasteiger partial charge in [-0.25, -0.2) is 15.0 Å². The second-order valence-electron chi connectivity index (χ2n) is 5.71. The molecular formula is C16H18N6. The van der Waals surface area contributed by atoms with Crippen molar-refractivity contribution in [2.24, 2.45) is 0 Å². The zero-order valence-electron chi connectivity index (χ0n) is 12.2. The summed E-state index contributed by atoms with van der Waals surface area (Å²) in [6.07, 6.45) is 10.6. The summed E-state index contributed by atoms with van der Waals surface area (Å²) in [7, 11) is 0. The van der Waals surface area contributed by atoms with Crippen molar-refractivity contribution in [2.45, 2.75) is 31.7 Å². The van der Waals surface area contributed by atoms with Gasteiger partial charge in [-0.15, -0.1) is 0 Å². The van der Waals surface area contributed by atoms with Crippen molar-refractivity contribution in [3.63, 3.8) is 0 Å². The first-order valence-corrected chi connectivity index (χ1v) is 7.63. The van der Waals surface area contributed by atoms with E-state index in [1.807, 2.05) is 35.0 Å². The van der Waals surface area contributed by atoms with Gasteiger partial charge in [0.15, 0.2) is 5.65 Å². The molecule has 0 spiro atoms. The standard InChI is InChI=1S/C16H18N6/c17-12-6-3-9-22-10-14(20-15(12)22)13-7-8-18-16(21-13)19-11-4-1-2-5-11/h3,6-11H,1-2,4-5,17H2,(H,18,19,21). The van der Waals surface area contributed by atoms with Crippen LogP contribution in [0, 0.1) is 0 Å². The Morgan fingerprint density at radius 3 is 2.82 bits per heavy atom. The van der Waals surface area contributed by atoms with Gasteiger partial charge >= 0.3 is 0 Å². The van der Waals surface area contributed by atoms with Crippen LogP contribution in [-0.4, -0.2) is 25.4 Å². The van der Waals surface area contributed by atoms with Gasteiger partial charge in [0.25, 0.3) is 0 Å². The molecule has 0 aromatic carbocycles. The molecule has 0 atom stereocenters. The van der Waals surface area contributed by atoms with Crippen LogP contribution >= 0.6 is 0 Å². The highest BCUT2D eigenvalue weighted by atomic mass is 15.1. The van der Waals surface area contributed by atoms with Crippen LogP contribution < -0.4 is 11.1 Å². The molecule has 6 nitrogen and oxygen atoms in total. The Kier molecular flexibility index (Phi) is 3.14. The van der Waals surface area contributed by atoms with E-state index < -0.39 is 0 Å². The Morgan fingerprint density at radius 2 is 2.00 bits per heavy atom. The molecular weight excluding hydrogens is 276 g/mol. The lowest BCUT2D eigenvalue weighted by Gasteiger charge is -2.11. The van der Waals surface area contributed by atoms with Crippen molar-refractivity contribution in [3.8, 4) is 11.4 Å². The number of nitrogens with two attached hydrogens (primary N) is 1. The lowest BCUT2D eigenvalue weighted by molar-refractivity contribution is 0.744. The first kappa shape index (κ1) is 13.1. The molecule has 0 unspecified atom stereocenters. The van der Waals surface area contributed by atoms with E-state index in [1.165, 1.54) is 25.7 Å². The highest BCUT2D eigenvalue weighted by molar-refractivity contribution is 5.69. The maximum Gasteiger partial charge on any atom is 0.223 e. The average Bonchev–Trinajstić information content (AvgIpc) is 3.17. The summed E-state index contributed by atoms with van der Waals surface area (Å²) in [5.74, 6) is 0.675. The number of nitrogens with one attached hydrogen (secondary N) is 1. The fourth-order valence-corrected chi connectivity index (χ4v) is 2.98. The van der Waals surface area contributed by atoms with Crippen LogP contribution in [0.1, 0.15) is 25.7 Å². The number of imidazole rings is 1. The maximum atomic E-state index is 5.96. The predicted molar refractivity (Wildman–Crippen MR) is 86.5 cm³/mol. The summed E-state index contributed by atoms with van der Waals surface area (Å²) in [5.41, 5.74) is 8.97.